The zero-order chi connectivity index (χ0) is 11.1. The third kappa shape index (κ3) is 3.97. The molecule has 0 radical (unpaired) electrons. The van der Waals surface area contributed by atoms with Crippen LogP contribution in [0.25, 0.3) is 0 Å². The van der Waals surface area contributed by atoms with Crippen molar-refractivity contribution in [2.45, 2.75) is 65.6 Å². The number of aliphatic hydroxyl groups excluding tert-OH is 2. The monoisotopic (exact) mass is 202 g/mol. The Morgan fingerprint density at radius 2 is 1.57 bits per heavy atom. The lowest BCUT2D eigenvalue weighted by molar-refractivity contribution is -0.0373. The van der Waals surface area contributed by atoms with E-state index in [-0.39, 0.29) is 5.92 Å². The van der Waals surface area contributed by atoms with Crippen molar-refractivity contribution in [2.24, 2.45) is 11.8 Å². The molecule has 4 atom stereocenters. The first-order valence-electron chi connectivity index (χ1n) is 5.94. The van der Waals surface area contributed by atoms with Gasteiger partial charge in [-0.1, -0.05) is 47.0 Å². The molecule has 86 valence electrons. The molecule has 0 heterocycles. The van der Waals surface area contributed by atoms with Gasteiger partial charge in [-0.2, -0.15) is 0 Å². The average Bonchev–Trinajstić information content (AvgIpc) is 2.18. The lowest BCUT2D eigenvalue weighted by Crippen LogP contribution is -2.36. The number of rotatable bonds is 7. The van der Waals surface area contributed by atoms with Gasteiger partial charge < -0.3 is 10.2 Å². The first kappa shape index (κ1) is 13.9. The van der Waals surface area contributed by atoms with Crippen molar-refractivity contribution in [1.29, 1.82) is 0 Å². The predicted molar refractivity (Wildman–Crippen MR) is 60.2 cm³/mol. The molecule has 0 aromatic rings. The third-order valence-corrected chi connectivity index (χ3v) is 3.26. The van der Waals surface area contributed by atoms with Crippen LogP contribution in [0.4, 0.5) is 0 Å². The molecule has 0 saturated heterocycles. The minimum atomic E-state index is -0.546. The topological polar surface area (TPSA) is 40.5 Å². The lowest BCUT2D eigenvalue weighted by atomic mass is 9.82. The molecule has 0 aliphatic rings. The lowest BCUT2D eigenvalue weighted by Gasteiger charge is -2.30. The highest BCUT2D eigenvalue weighted by Gasteiger charge is 2.27. The molecule has 2 nitrogen and oxygen atoms in total. The van der Waals surface area contributed by atoms with E-state index in [1.54, 1.807) is 0 Å². The maximum atomic E-state index is 9.96. The van der Waals surface area contributed by atoms with Crippen LogP contribution >= 0.6 is 0 Å². The molecule has 0 fully saturated rings. The minimum Gasteiger partial charge on any atom is -0.390 e. The van der Waals surface area contributed by atoms with Gasteiger partial charge in [0.2, 0.25) is 0 Å². The van der Waals surface area contributed by atoms with Gasteiger partial charge in [0.05, 0.1) is 12.2 Å². The highest BCUT2D eigenvalue weighted by molar-refractivity contribution is 4.78. The van der Waals surface area contributed by atoms with E-state index in [4.69, 9.17) is 0 Å². The van der Waals surface area contributed by atoms with Crippen LogP contribution in [0.3, 0.4) is 0 Å². The molecule has 2 heteroatoms. The van der Waals surface area contributed by atoms with E-state index in [1.165, 1.54) is 0 Å². The van der Waals surface area contributed by atoms with Gasteiger partial charge in [-0.3, -0.25) is 0 Å². The summed E-state index contributed by atoms with van der Waals surface area (Å²) in [7, 11) is 0. The summed E-state index contributed by atoms with van der Waals surface area (Å²) in [4.78, 5) is 0. The molecular weight excluding hydrogens is 176 g/mol. The molecule has 0 aliphatic heterocycles. The molecule has 2 N–H and O–H groups in total. The van der Waals surface area contributed by atoms with Gasteiger partial charge in [-0.15, -0.1) is 0 Å². The van der Waals surface area contributed by atoms with Crippen LogP contribution in [-0.4, -0.2) is 22.4 Å². The summed E-state index contributed by atoms with van der Waals surface area (Å²) >= 11 is 0. The fourth-order valence-electron chi connectivity index (χ4n) is 2.04. The third-order valence-electron chi connectivity index (χ3n) is 3.26. The summed E-state index contributed by atoms with van der Waals surface area (Å²) < 4.78 is 0. The van der Waals surface area contributed by atoms with Crippen LogP contribution in [-0.2, 0) is 0 Å². The van der Waals surface area contributed by atoms with Gasteiger partial charge in [0.15, 0.2) is 0 Å². The van der Waals surface area contributed by atoms with Crippen molar-refractivity contribution in [1.82, 2.24) is 0 Å². The second kappa shape index (κ2) is 7.24. The van der Waals surface area contributed by atoms with Crippen LogP contribution in [0.1, 0.15) is 53.4 Å². The Labute approximate surface area is 88.3 Å². The summed E-state index contributed by atoms with van der Waals surface area (Å²) in [6, 6.07) is 0. The second-order valence-electron chi connectivity index (χ2n) is 4.30. The summed E-state index contributed by atoms with van der Waals surface area (Å²) in [6.45, 7) is 8.39. The Kier molecular flexibility index (Phi) is 7.20. The van der Waals surface area contributed by atoms with Crippen LogP contribution < -0.4 is 0 Å². The molecule has 0 aromatic carbocycles. The van der Waals surface area contributed by atoms with E-state index >= 15 is 0 Å². The Morgan fingerprint density at radius 1 is 1.00 bits per heavy atom. The Morgan fingerprint density at radius 3 is 1.93 bits per heavy atom. The fourth-order valence-corrected chi connectivity index (χ4v) is 2.04. The first-order valence-corrected chi connectivity index (χ1v) is 5.94. The average molecular weight is 202 g/mol. The van der Waals surface area contributed by atoms with Gasteiger partial charge in [0, 0.05) is 0 Å². The SMILES string of the molecule is CCCC(O)C(O)C(CC)C(C)CC. The molecule has 0 rings (SSSR count). The van der Waals surface area contributed by atoms with Crippen LogP contribution in [0.5, 0.6) is 0 Å². The standard InChI is InChI=1S/C12H26O2/c1-5-8-11(13)12(14)10(7-3)9(4)6-2/h9-14H,5-8H2,1-4H3. The molecule has 0 aliphatic carbocycles. The molecule has 0 bridgehead atoms. The van der Waals surface area contributed by atoms with Crippen LogP contribution in [0, 0.1) is 11.8 Å². The fraction of sp³-hybridized carbons (Fsp3) is 1.00. The smallest absolute Gasteiger partial charge is 0.0829 e. The van der Waals surface area contributed by atoms with Crippen LogP contribution in [0.15, 0.2) is 0 Å². The molecule has 0 spiro atoms. The van der Waals surface area contributed by atoms with Crippen molar-refractivity contribution < 1.29 is 10.2 Å². The molecule has 0 amide bonds. The molecule has 4 unspecified atom stereocenters. The molecule has 14 heavy (non-hydrogen) atoms. The van der Waals surface area contributed by atoms with E-state index < -0.39 is 12.2 Å². The van der Waals surface area contributed by atoms with Gasteiger partial charge in [0.25, 0.3) is 0 Å². The predicted octanol–water partition coefficient (Wildman–Crippen LogP) is 2.58. The minimum absolute atomic E-state index is 0.238. The van der Waals surface area contributed by atoms with Crippen molar-refractivity contribution in [3.05, 3.63) is 0 Å². The van der Waals surface area contributed by atoms with Gasteiger partial charge in [-0.25, -0.2) is 0 Å². The number of aliphatic hydroxyl groups is 2. The molecule has 0 aromatic heterocycles. The summed E-state index contributed by atoms with van der Waals surface area (Å²) in [5, 5.41) is 19.7. The van der Waals surface area contributed by atoms with Crippen molar-refractivity contribution in [3.63, 3.8) is 0 Å². The Bertz CT molecular complexity index is 136. The van der Waals surface area contributed by atoms with Gasteiger partial charge in [0.1, 0.15) is 0 Å². The normalized spacial score (nSPS) is 20.1. The second-order valence-corrected chi connectivity index (χ2v) is 4.30. The van der Waals surface area contributed by atoms with Crippen LogP contribution in [0.2, 0.25) is 0 Å². The maximum Gasteiger partial charge on any atom is 0.0829 e. The van der Waals surface area contributed by atoms with E-state index in [2.05, 4.69) is 20.8 Å². The van der Waals surface area contributed by atoms with Crippen molar-refractivity contribution >= 4 is 0 Å². The van der Waals surface area contributed by atoms with E-state index in [0.717, 1.165) is 19.3 Å². The highest BCUT2D eigenvalue weighted by atomic mass is 16.3. The Balaban J connectivity index is 4.21. The summed E-state index contributed by atoms with van der Waals surface area (Å²) in [5.74, 6) is 0.725. The quantitative estimate of drug-likeness (QED) is 0.666. The Hall–Kier alpha value is -0.0800. The first-order chi connectivity index (χ1) is 6.58. The maximum absolute atomic E-state index is 9.96. The van der Waals surface area contributed by atoms with Gasteiger partial charge >= 0.3 is 0 Å². The molecule has 0 saturated carbocycles. The summed E-state index contributed by atoms with van der Waals surface area (Å²) in [5.41, 5.74) is 0. The zero-order valence-electron chi connectivity index (χ0n) is 10.0. The van der Waals surface area contributed by atoms with E-state index in [0.29, 0.717) is 12.3 Å². The largest absolute Gasteiger partial charge is 0.390 e. The number of hydrogen-bond acceptors (Lipinski definition) is 2. The van der Waals surface area contributed by atoms with Crippen molar-refractivity contribution in [3.8, 4) is 0 Å². The van der Waals surface area contributed by atoms with Gasteiger partial charge in [-0.05, 0) is 18.3 Å². The van der Waals surface area contributed by atoms with E-state index in [1.807, 2.05) is 6.92 Å². The van der Waals surface area contributed by atoms with E-state index in [9.17, 15) is 10.2 Å². The highest BCUT2D eigenvalue weighted by Crippen LogP contribution is 2.25. The summed E-state index contributed by atoms with van der Waals surface area (Å²) in [6.07, 6.45) is 2.54. The number of hydrogen-bond donors (Lipinski definition) is 2. The van der Waals surface area contributed by atoms with Crippen molar-refractivity contribution in [2.75, 3.05) is 0 Å². The molecular formula is C12H26O2. The zero-order valence-corrected chi connectivity index (χ0v) is 10.0.